The molecule has 6 heteroatoms. The largest absolute Gasteiger partial charge is 0.363 e. The molecule has 3 N–H and O–H groups in total. The van der Waals surface area contributed by atoms with E-state index < -0.39 is 10.0 Å². The van der Waals surface area contributed by atoms with Crippen molar-refractivity contribution in [3.63, 3.8) is 0 Å². The van der Waals surface area contributed by atoms with Gasteiger partial charge in [0, 0.05) is 25.5 Å². The highest BCUT2D eigenvalue weighted by molar-refractivity contribution is 7.92. The number of aromatic amines is 1. The molecule has 0 atom stereocenters. The molecule has 108 valence electrons. The van der Waals surface area contributed by atoms with Crippen LogP contribution in [0.2, 0.25) is 0 Å². The maximum Gasteiger partial charge on any atom is 0.265 e. The van der Waals surface area contributed by atoms with Crippen molar-refractivity contribution in [1.29, 1.82) is 0 Å². The Morgan fingerprint density at radius 3 is 2.40 bits per heavy atom. The van der Waals surface area contributed by atoms with Crippen LogP contribution < -0.4 is 10.0 Å². The minimum Gasteiger partial charge on any atom is -0.363 e. The molecule has 0 aliphatic carbocycles. The van der Waals surface area contributed by atoms with Gasteiger partial charge in [-0.2, -0.15) is 0 Å². The molecule has 2 aromatic rings. The first-order chi connectivity index (χ1) is 9.48. The van der Waals surface area contributed by atoms with E-state index in [1.807, 2.05) is 24.3 Å². The Morgan fingerprint density at radius 1 is 1.25 bits per heavy atom. The number of rotatable bonds is 5. The van der Waals surface area contributed by atoms with Gasteiger partial charge < -0.3 is 10.7 Å². The Morgan fingerprint density at radius 2 is 1.90 bits per heavy atom. The molecule has 0 aliphatic rings. The van der Waals surface area contributed by atoms with Gasteiger partial charge in [0.15, 0.2) is 0 Å². The van der Waals surface area contributed by atoms with Crippen molar-refractivity contribution in [2.24, 2.45) is 5.73 Å². The van der Waals surface area contributed by atoms with Crippen molar-refractivity contribution in [3.8, 4) is 0 Å². The van der Waals surface area contributed by atoms with Gasteiger partial charge in [0.05, 0.1) is 5.69 Å². The van der Waals surface area contributed by atoms with Gasteiger partial charge in [-0.15, -0.1) is 0 Å². The lowest BCUT2D eigenvalue weighted by atomic mass is 10.1. The van der Waals surface area contributed by atoms with Crippen molar-refractivity contribution in [2.75, 3.05) is 11.4 Å². The Labute approximate surface area is 119 Å². The van der Waals surface area contributed by atoms with Crippen LogP contribution in [0.4, 0.5) is 5.69 Å². The van der Waals surface area contributed by atoms with Crippen LogP contribution in [0.5, 0.6) is 0 Å². The van der Waals surface area contributed by atoms with E-state index in [9.17, 15) is 8.42 Å². The van der Waals surface area contributed by atoms with E-state index in [0.29, 0.717) is 11.4 Å². The van der Waals surface area contributed by atoms with Gasteiger partial charge >= 0.3 is 0 Å². The molecule has 0 bridgehead atoms. The fourth-order valence-electron chi connectivity index (χ4n) is 1.92. The second-order valence-corrected chi connectivity index (χ2v) is 6.53. The zero-order valence-electron chi connectivity index (χ0n) is 11.6. The van der Waals surface area contributed by atoms with E-state index in [2.05, 4.69) is 11.9 Å². The number of nitrogens with one attached hydrogen (secondary N) is 1. The number of benzene rings is 1. The summed E-state index contributed by atoms with van der Waals surface area (Å²) in [7, 11) is -2.01. The quantitative estimate of drug-likeness (QED) is 0.883. The lowest BCUT2D eigenvalue weighted by Gasteiger charge is -2.18. The first kappa shape index (κ1) is 14.6. The monoisotopic (exact) mass is 293 g/mol. The van der Waals surface area contributed by atoms with E-state index in [1.54, 1.807) is 13.1 Å². The zero-order chi connectivity index (χ0) is 14.8. The fourth-order valence-corrected chi connectivity index (χ4v) is 3.14. The predicted octanol–water partition coefficient (Wildman–Crippen LogP) is 1.86. The molecular formula is C14H19N3O2S. The summed E-state index contributed by atoms with van der Waals surface area (Å²) in [4.78, 5) is 3.08. The minimum atomic E-state index is -3.55. The molecule has 5 nitrogen and oxygen atoms in total. The smallest absolute Gasteiger partial charge is 0.265 e. The van der Waals surface area contributed by atoms with Gasteiger partial charge in [0.25, 0.3) is 10.0 Å². The van der Waals surface area contributed by atoms with Crippen LogP contribution in [-0.4, -0.2) is 20.4 Å². The van der Waals surface area contributed by atoms with Crippen molar-refractivity contribution in [1.82, 2.24) is 4.98 Å². The SMILES string of the molecule is CCc1ccc(N(C)S(=O)(=O)c2c[nH]c(CN)c2)cc1. The molecule has 2 rings (SSSR count). The van der Waals surface area contributed by atoms with E-state index in [-0.39, 0.29) is 11.4 Å². The van der Waals surface area contributed by atoms with Crippen molar-refractivity contribution >= 4 is 15.7 Å². The van der Waals surface area contributed by atoms with Crippen LogP contribution in [-0.2, 0) is 23.0 Å². The summed E-state index contributed by atoms with van der Waals surface area (Å²) in [6, 6.07) is 9.06. The van der Waals surface area contributed by atoms with Gasteiger partial charge in [0.2, 0.25) is 0 Å². The van der Waals surface area contributed by atoms with E-state index >= 15 is 0 Å². The molecule has 0 aliphatic heterocycles. The molecular weight excluding hydrogens is 274 g/mol. The minimum absolute atomic E-state index is 0.222. The van der Waals surface area contributed by atoms with E-state index in [0.717, 1.165) is 6.42 Å². The molecule has 0 saturated heterocycles. The topological polar surface area (TPSA) is 79.2 Å². The lowest BCUT2D eigenvalue weighted by Crippen LogP contribution is -2.26. The first-order valence-corrected chi connectivity index (χ1v) is 7.88. The number of aromatic nitrogens is 1. The van der Waals surface area contributed by atoms with Gasteiger partial charge in [-0.1, -0.05) is 19.1 Å². The van der Waals surface area contributed by atoms with E-state index in [4.69, 9.17) is 5.73 Å². The Hall–Kier alpha value is -1.79. The van der Waals surface area contributed by atoms with Gasteiger partial charge in [-0.05, 0) is 30.2 Å². The number of nitrogens with zero attached hydrogens (tertiary/aromatic N) is 1. The molecule has 0 radical (unpaired) electrons. The predicted molar refractivity (Wildman–Crippen MR) is 80.1 cm³/mol. The second-order valence-electron chi connectivity index (χ2n) is 4.56. The van der Waals surface area contributed by atoms with Crippen LogP contribution in [0.15, 0.2) is 41.4 Å². The maximum atomic E-state index is 12.5. The summed E-state index contributed by atoms with van der Waals surface area (Å²) in [5.41, 5.74) is 7.99. The Bertz CT molecular complexity index is 675. The molecule has 0 unspecified atom stereocenters. The number of hydrogen-bond acceptors (Lipinski definition) is 3. The number of H-pyrrole nitrogens is 1. The molecule has 1 aromatic heterocycles. The van der Waals surface area contributed by atoms with Crippen LogP contribution in [0.1, 0.15) is 18.2 Å². The van der Waals surface area contributed by atoms with Crippen molar-refractivity contribution in [2.45, 2.75) is 24.8 Å². The highest BCUT2D eigenvalue weighted by Gasteiger charge is 2.22. The standard InChI is InChI=1S/C14H19N3O2S/c1-3-11-4-6-13(7-5-11)17(2)20(18,19)14-8-12(9-15)16-10-14/h4-8,10,16H,3,9,15H2,1-2H3. The summed E-state index contributed by atoms with van der Waals surface area (Å²) < 4.78 is 26.2. The van der Waals surface area contributed by atoms with Crippen molar-refractivity contribution < 1.29 is 8.42 Å². The van der Waals surface area contributed by atoms with E-state index in [1.165, 1.54) is 16.1 Å². The summed E-state index contributed by atoms with van der Waals surface area (Å²) in [6.45, 7) is 2.34. The maximum absolute atomic E-state index is 12.5. The number of aryl methyl sites for hydroxylation is 1. The molecule has 0 spiro atoms. The van der Waals surface area contributed by atoms with Gasteiger partial charge in [-0.3, -0.25) is 4.31 Å². The average molecular weight is 293 g/mol. The Balaban J connectivity index is 2.32. The summed E-state index contributed by atoms with van der Waals surface area (Å²) in [5.74, 6) is 0. The summed E-state index contributed by atoms with van der Waals surface area (Å²) in [5, 5.41) is 0. The summed E-state index contributed by atoms with van der Waals surface area (Å²) >= 11 is 0. The lowest BCUT2D eigenvalue weighted by molar-refractivity contribution is 0.594. The highest BCUT2D eigenvalue weighted by Crippen LogP contribution is 2.22. The normalized spacial score (nSPS) is 11.6. The molecule has 1 aromatic carbocycles. The number of sulfonamides is 1. The van der Waals surface area contributed by atoms with Crippen LogP contribution in [0.25, 0.3) is 0 Å². The first-order valence-electron chi connectivity index (χ1n) is 6.44. The third-order valence-electron chi connectivity index (χ3n) is 3.30. The third kappa shape index (κ3) is 2.71. The van der Waals surface area contributed by atoms with Crippen LogP contribution in [0.3, 0.4) is 0 Å². The second kappa shape index (κ2) is 5.68. The van der Waals surface area contributed by atoms with Crippen molar-refractivity contribution in [3.05, 3.63) is 47.8 Å². The van der Waals surface area contributed by atoms with Crippen LogP contribution in [0, 0.1) is 0 Å². The third-order valence-corrected chi connectivity index (χ3v) is 5.07. The molecule has 0 amide bonds. The molecule has 0 fully saturated rings. The Kier molecular flexibility index (Phi) is 4.15. The number of hydrogen-bond donors (Lipinski definition) is 2. The molecule has 0 saturated carbocycles. The highest BCUT2D eigenvalue weighted by atomic mass is 32.2. The van der Waals surface area contributed by atoms with Gasteiger partial charge in [-0.25, -0.2) is 8.42 Å². The molecule has 1 heterocycles. The van der Waals surface area contributed by atoms with Gasteiger partial charge in [0.1, 0.15) is 4.90 Å². The number of anilines is 1. The number of nitrogens with two attached hydrogens (primary N) is 1. The molecule has 20 heavy (non-hydrogen) atoms. The average Bonchev–Trinajstić information content (AvgIpc) is 2.96. The zero-order valence-corrected chi connectivity index (χ0v) is 12.4. The fraction of sp³-hybridized carbons (Fsp3) is 0.286. The summed E-state index contributed by atoms with van der Waals surface area (Å²) in [6.07, 6.45) is 2.39. The van der Waals surface area contributed by atoms with Crippen LogP contribution >= 0.6 is 0 Å².